The number of hydrogen-bond donors (Lipinski definition) is 0. The van der Waals surface area contributed by atoms with Gasteiger partial charge in [0.15, 0.2) is 5.82 Å². The third kappa shape index (κ3) is 2.65. The monoisotopic (exact) mass is 336 g/mol. The van der Waals surface area contributed by atoms with Crippen LogP contribution in [0.25, 0.3) is 16.7 Å². The molecule has 5 rings (SSSR count). The summed E-state index contributed by atoms with van der Waals surface area (Å²) in [5.41, 5.74) is 2.93. The Morgan fingerprint density at radius 1 is 0.920 bits per heavy atom. The standard InChI is InChI=1S/C19H24N6/c1-2-6-15(7-3-1)23-10-12-24(13-11-23)18-19-22-20-14-25(19)17-9-5-4-8-16(17)21-18/h4-5,8-9,14-15H,1-3,6-7,10-13H2. The Labute approximate surface area is 147 Å². The first kappa shape index (κ1) is 15.1. The summed E-state index contributed by atoms with van der Waals surface area (Å²) in [5.74, 6) is 0.972. The van der Waals surface area contributed by atoms with Crippen LogP contribution >= 0.6 is 0 Å². The average Bonchev–Trinajstić information content (AvgIpc) is 3.18. The molecule has 1 aliphatic carbocycles. The Balaban J connectivity index is 1.42. The number of benzene rings is 1. The molecule has 2 aromatic heterocycles. The zero-order valence-corrected chi connectivity index (χ0v) is 14.5. The van der Waals surface area contributed by atoms with Crippen LogP contribution in [-0.4, -0.2) is 56.7 Å². The summed E-state index contributed by atoms with van der Waals surface area (Å²) in [5, 5.41) is 8.48. The number of aromatic nitrogens is 4. The number of anilines is 1. The lowest BCUT2D eigenvalue weighted by molar-refractivity contribution is 0.148. The maximum atomic E-state index is 4.92. The zero-order valence-electron chi connectivity index (χ0n) is 14.5. The number of piperazine rings is 1. The van der Waals surface area contributed by atoms with Crippen molar-refractivity contribution in [1.29, 1.82) is 0 Å². The molecule has 0 N–H and O–H groups in total. The number of rotatable bonds is 2. The number of nitrogens with zero attached hydrogens (tertiary/aromatic N) is 6. The van der Waals surface area contributed by atoms with E-state index in [1.165, 1.54) is 32.1 Å². The highest BCUT2D eigenvalue weighted by Gasteiger charge is 2.27. The van der Waals surface area contributed by atoms with E-state index in [0.717, 1.165) is 54.7 Å². The summed E-state index contributed by atoms with van der Waals surface area (Å²) in [4.78, 5) is 10.00. The Morgan fingerprint density at radius 2 is 1.72 bits per heavy atom. The van der Waals surface area contributed by atoms with Crippen LogP contribution < -0.4 is 4.90 Å². The minimum absolute atomic E-state index is 0.800. The van der Waals surface area contributed by atoms with Crippen LogP contribution in [0, 0.1) is 0 Å². The Morgan fingerprint density at radius 3 is 2.56 bits per heavy atom. The molecule has 2 fully saturated rings. The average molecular weight is 336 g/mol. The van der Waals surface area contributed by atoms with Crippen molar-refractivity contribution in [3.05, 3.63) is 30.6 Å². The van der Waals surface area contributed by atoms with Crippen molar-refractivity contribution in [1.82, 2.24) is 24.5 Å². The van der Waals surface area contributed by atoms with Crippen molar-refractivity contribution >= 4 is 22.5 Å². The van der Waals surface area contributed by atoms with Crippen molar-refractivity contribution < 1.29 is 0 Å². The smallest absolute Gasteiger partial charge is 0.204 e. The van der Waals surface area contributed by atoms with Gasteiger partial charge in [-0.1, -0.05) is 31.4 Å². The lowest BCUT2D eigenvalue weighted by Gasteiger charge is -2.41. The maximum Gasteiger partial charge on any atom is 0.204 e. The first-order valence-corrected chi connectivity index (χ1v) is 9.47. The van der Waals surface area contributed by atoms with Crippen LogP contribution in [0.2, 0.25) is 0 Å². The van der Waals surface area contributed by atoms with E-state index in [9.17, 15) is 0 Å². The SMILES string of the molecule is c1ccc2c(c1)nc(N1CCN(C3CCCCC3)CC1)c1nncn12. The normalized spacial score (nSPS) is 20.6. The van der Waals surface area contributed by atoms with Crippen LogP contribution in [0.1, 0.15) is 32.1 Å². The van der Waals surface area contributed by atoms with Crippen molar-refractivity contribution in [2.75, 3.05) is 31.1 Å². The first-order chi connectivity index (χ1) is 12.4. The Kier molecular flexibility index (Phi) is 3.77. The van der Waals surface area contributed by atoms with Gasteiger partial charge in [0.1, 0.15) is 6.33 Å². The van der Waals surface area contributed by atoms with Crippen molar-refractivity contribution in [3.8, 4) is 0 Å². The van der Waals surface area contributed by atoms with Gasteiger partial charge < -0.3 is 4.90 Å². The predicted octanol–water partition coefficient (Wildman–Crippen LogP) is 2.73. The minimum Gasteiger partial charge on any atom is -0.351 e. The molecule has 130 valence electrons. The lowest BCUT2D eigenvalue weighted by Crippen LogP contribution is -2.51. The first-order valence-electron chi connectivity index (χ1n) is 9.47. The second kappa shape index (κ2) is 6.26. The second-order valence-corrected chi connectivity index (χ2v) is 7.26. The van der Waals surface area contributed by atoms with E-state index >= 15 is 0 Å². The van der Waals surface area contributed by atoms with Gasteiger partial charge in [-0.3, -0.25) is 9.30 Å². The second-order valence-electron chi connectivity index (χ2n) is 7.26. The van der Waals surface area contributed by atoms with E-state index in [0.29, 0.717) is 0 Å². The Bertz CT molecular complexity index is 874. The minimum atomic E-state index is 0.800. The molecule has 25 heavy (non-hydrogen) atoms. The van der Waals surface area contributed by atoms with Gasteiger partial charge in [-0.2, -0.15) is 0 Å². The third-order valence-electron chi connectivity index (χ3n) is 5.82. The van der Waals surface area contributed by atoms with Gasteiger partial charge in [-0.05, 0) is 25.0 Å². The van der Waals surface area contributed by atoms with E-state index in [-0.39, 0.29) is 0 Å². The topological polar surface area (TPSA) is 49.6 Å². The number of para-hydroxylation sites is 2. The highest BCUT2D eigenvalue weighted by molar-refractivity contribution is 5.82. The van der Waals surface area contributed by atoms with Gasteiger partial charge in [-0.25, -0.2) is 4.98 Å². The molecule has 3 aromatic rings. The molecule has 6 nitrogen and oxygen atoms in total. The molecule has 6 heteroatoms. The molecule has 3 heterocycles. The molecule has 1 saturated carbocycles. The molecular weight excluding hydrogens is 312 g/mol. The van der Waals surface area contributed by atoms with E-state index < -0.39 is 0 Å². The summed E-state index contributed by atoms with van der Waals surface area (Å²) in [6.45, 7) is 4.29. The Hall–Kier alpha value is -2.21. The molecule has 0 atom stereocenters. The summed E-state index contributed by atoms with van der Waals surface area (Å²) < 4.78 is 2.06. The van der Waals surface area contributed by atoms with Crippen molar-refractivity contribution in [2.45, 2.75) is 38.1 Å². The lowest BCUT2D eigenvalue weighted by atomic mass is 9.94. The quantitative estimate of drug-likeness (QED) is 0.720. The van der Waals surface area contributed by atoms with Crippen LogP contribution in [0.4, 0.5) is 5.82 Å². The molecule has 0 bridgehead atoms. The van der Waals surface area contributed by atoms with Crippen LogP contribution in [0.15, 0.2) is 30.6 Å². The van der Waals surface area contributed by atoms with Gasteiger partial charge in [-0.15, -0.1) is 10.2 Å². The number of fused-ring (bicyclic) bond motifs is 3. The maximum absolute atomic E-state index is 4.92. The summed E-state index contributed by atoms with van der Waals surface area (Å²) in [6, 6.07) is 9.01. The van der Waals surface area contributed by atoms with Gasteiger partial charge in [0.2, 0.25) is 5.65 Å². The van der Waals surface area contributed by atoms with E-state index in [2.05, 4.69) is 36.5 Å². The van der Waals surface area contributed by atoms with Gasteiger partial charge in [0.25, 0.3) is 0 Å². The van der Waals surface area contributed by atoms with Crippen LogP contribution in [-0.2, 0) is 0 Å². The molecular formula is C19H24N6. The highest BCUT2D eigenvalue weighted by Crippen LogP contribution is 2.27. The molecule has 0 radical (unpaired) electrons. The molecule has 0 amide bonds. The third-order valence-corrected chi connectivity index (χ3v) is 5.82. The fourth-order valence-electron chi connectivity index (χ4n) is 4.45. The van der Waals surface area contributed by atoms with E-state index in [1.807, 2.05) is 12.1 Å². The fourth-order valence-corrected chi connectivity index (χ4v) is 4.45. The summed E-state index contributed by atoms with van der Waals surface area (Å²) >= 11 is 0. The van der Waals surface area contributed by atoms with Crippen molar-refractivity contribution in [3.63, 3.8) is 0 Å². The van der Waals surface area contributed by atoms with Crippen molar-refractivity contribution in [2.24, 2.45) is 0 Å². The van der Waals surface area contributed by atoms with Gasteiger partial charge in [0.05, 0.1) is 11.0 Å². The zero-order chi connectivity index (χ0) is 16.6. The summed E-state index contributed by atoms with van der Waals surface area (Å²) in [6.07, 6.45) is 8.77. The molecule has 0 unspecified atom stereocenters. The van der Waals surface area contributed by atoms with Gasteiger partial charge >= 0.3 is 0 Å². The molecule has 1 saturated heterocycles. The van der Waals surface area contributed by atoms with Crippen LogP contribution in [0.3, 0.4) is 0 Å². The molecule has 2 aliphatic rings. The predicted molar refractivity (Wildman–Crippen MR) is 98.9 cm³/mol. The fraction of sp³-hybridized carbons (Fsp3) is 0.526. The van der Waals surface area contributed by atoms with E-state index in [4.69, 9.17) is 4.98 Å². The van der Waals surface area contributed by atoms with Crippen LogP contribution in [0.5, 0.6) is 0 Å². The molecule has 1 aromatic carbocycles. The van der Waals surface area contributed by atoms with Gasteiger partial charge in [0, 0.05) is 32.2 Å². The molecule has 1 aliphatic heterocycles. The number of hydrogen-bond acceptors (Lipinski definition) is 5. The molecule has 0 spiro atoms. The highest BCUT2D eigenvalue weighted by atomic mass is 15.3. The largest absolute Gasteiger partial charge is 0.351 e. The summed E-state index contributed by atoms with van der Waals surface area (Å²) in [7, 11) is 0. The van der Waals surface area contributed by atoms with E-state index in [1.54, 1.807) is 6.33 Å².